The van der Waals surface area contributed by atoms with Gasteiger partial charge in [0.15, 0.2) is 0 Å². The summed E-state index contributed by atoms with van der Waals surface area (Å²) in [5.74, 6) is 0.513. The van der Waals surface area contributed by atoms with Crippen molar-refractivity contribution in [3.05, 3.63) is 28.3 Å². The van der Waals surface area contributed by atoms with Gasteiger partial charge in [-0.1, -0.05) is 0 Å². The minimum absolute atomic E-state index is 0.0594. The topological polar surface area (TPSA) is 76.4 Å². The van der Waals surface area contributed by atoms with E-state index in [9.17, 15) is 10.1 Å². The normalized spacial score (nSPS) is 23.4. The highest BCUT2D eigenvalue weighted by Gasteiger charge is 2.40. The number of nitro groups is 1. The van der Waals surface area contributed by atoms with E-state index in [1.165, 1.54) is 32.4 Å². The summed E-state index contributed by atoms with van der Waals surface area (Å²) < 4.78 is 5.15. The van der Waals surface area contributed by atoms with Gasteiger partial charge in [-0.15, -0.1) is 0 Å². The molecule has 1 unspecified atom stereocenters. The summed E-state index contributed by atoms with van der Waals surface area (Å²) in [6.45, 7) is 1.00. The number of non-ortho nitro benzene ring substituents is 1. The zero-order chi connectivity index (χ0) is 14.9. The summed E-state index contributed by atoms with van der Waals surface area (Å²) in [5.41, 5.74) is 1.13. The fourth-order valence-electron chi connectivity index (χ4n) is 3.39. The van der Waals surface area contributed by atoms with Gasteiger partial charge < -0.3 is 15.4 Å². The zero-order valence-corrected chi connectivity index (χ0v) is 12.2. The standard InChI is InChI=1S/C15H21N3O3/c1-21-14-8-12(7-13(9-14)18(19)20)17-11-3-6-16-15(10-11)4-2-5-15/h7-9,11,16-17H,2-6,10H2,1H3. The van der Waals surface area contributed by atoms with Crippen LogP contribution in [0.2, 0.25) is 0 Å². The lowest BCUT2D eigenvalue weighted by Gasteiger charge is -2.48. The van der Waals surface area contributed by atoms with Crippen LogP contribution >= 0.6 is 0 Å². The van der Waals surface area contributed by atoms with Gasteiger partial charge in [-0.3, -0.25) is 10.1 Å². The van der Waals surface area contributed by atoms with Crippen molar-refractivity contribution < 1.29 is 9.66 Å². The maximum atomic E-state index is 11.0. The van der Waals surface area contributed by atoms with Crippen LogP contribution in [0.5, 0.6) is 5.75 Å². The van der Waals surface area contributed by atoms with Crippen LogP contribution in [0.15, 0.2) is 18.2 Å². The van der Waals surface area contributed by atoms with E-state index in [0.717, 1.165) is 25.1 Å². The molecule has 1 aromatic carbocycles. The number of hydrogen-bond acceptors (Lipinski definition) is 5. The van der Waals surface area contributed by atoms with Crippen LogP contribution in [0.4, 0.5) is 11.4 Å². The molecular weight excluding hydrogens is 270 g/mol. The summed E-state index contributed by atoms with van der Waals surface area (Å²) in [7, 11) is 1.52. The predicted octanol–water partition coefficient (Wildman–Crippen LogP) is 2.69. The molecule has 21 heavy (non-hydrogen) atoms. The second-order valence-electron chi connectivity index (χ2n) is 6.07. The fourth-order valence-corrected chi connectivity index (χ4v) is 3.39. The second-order valence-corrected chi connectivity index (χ2v) is 6.07. The molecule has 2 N–H and O–H groups in total. The second kappa shape index (κ2) is 5.52. The first-order valence-electron chi connectivity index (χ1n) is 7.45. The average molecular weight is 291 g/mol. The van der Waals surface area contributed by atoms with E-state index in [4.69, 9.17) is 4.74 Å². The third-order valence-electron chi connectivity index (χ3n) is 4.65. The number of nitrogens with one attached hydrogen (secondary N) is 2. The summed E-state index contributed by atoms with van der Waals surface area (Å²) in [6.07, 6.45) is 5.89. The first kappa shape index (κ1) is 14.1. The lowest BCUT2D eigenvalue weighted by atomic mass is 9.70. The maximum Gasteiger partial charge on any atom is 0.275 e. The molecule has 6 nitrogen and oxygen atoms in total. The van der Waals surface area contributed by atoms with Gasteiger partial charge in [-0.2, -0.15) is 0 Å². The highest BCUT2D eigenvalue weighted by molar-refractivity contribution is 5.57. The van der Waals surface area contributed by atoms with Gasteiger partial charge in [-0.25, -0.2) is 0 Å². The molecule has 1 aliphatic heterocycles. The molecule has 0 bridgehead atoms. The van der Waals surface area contributed by atoms with Crippen LogP contribution in [0.1, 0.15) is 32.1 Å². The van der Waals surface area contributed by atoms with Gasteiger partial charge in [-0.05, 0) is 38.6 Å². The number of anilines is 1. The van der Waals surface area contributed by atoms with Crippen LogP contribution in [0, 0.1) is 10.1 Å². The third-order valence-corrected chi connectivity index (χ3v) is 4.65. The third kappa shape index (κ3) is 2.95. The quantitative estimate of drug-likeness (QED) is 0.659. The Labute approximate surface area is 124 Å². The number of hydrogen-bond donors (Lipinski definition) is 2. The molecule has 1 saturated carbocycles. The SMILES string of the molecule is COc1cc(NC2CCNC3(CCC3)C2)cc([N+](=O)[O-])c1. The Kier molecular flexibility index (Phi) is 3.71. The van der Waals surface area contributed by atoms with E-state index < -0.39 is 0 Å². The number of rotatable bonds is 4. The Morgan fingerprint density at radius 3 is 2.86 bits per heavy atom. The molecule has 1 aromatic rings. The highest BCUT2D eigenvalue weighted by Crippen LogP contribution is 2.39. The molecular formula is C15H21N3O3. The molecule has 1 spiro atoms. The highest BCUT2D eigenvalue weighted by atomic mass is 16.6. The van der Waals surface area contributed by atoms with Crippen molar-refractivity contribution in [3.8, 4) is 5.75 Å². The van der Waals surface area contributed by atoms with Crippen molar-refractivity contribution in [1.29, 1.82) is 0 Å². The number of benzene rings is 1. The predicted molar refractivity (Wildman–Crippen MR) is 80.9 cm³/mol. The largest absolute Gasteiger partial charge is 0.496 e. The molecule has 3 rings (SSSR count). The number of methoxy groups -OCH3 is 1. The van der Waals surface area contributed by atoms with Gasteiger partial charge >= 0.3 is 0 Å². The van der Waals surface area contributed by atoms with E-state index in [-0.39, 0.29) is 10.6 Å². The van der Waals surface area contributed by atoms with Gasteiger partial charge in [0, 0.05) is 29.4 Å². The minimum Gasteiger partial charge on any atom is -0.496 e. The molecule has 1 heterocycles. The molecule has 0 aromatic heterocycles. The molecule has 0 amide bonds. The maximum absolute atomic E-state index is 11.0. The Hall–Kier alpha value is -1.82. The monoisotopic (exact) mass is 291 g/mol. The summed E-state index contributed by atoms with van der Waals surface area (Å²) >= 11 is 0. The Balaban J connectivity index is 1.74. The van der Waals surface area contributed by atoms with Crippen LogP contribution < -0.4 is 15.4 Å². The zero-order valence-electron chi connectivity index (χ0n) is 12.2. The van der Waals surface area contributed by atoms with Crippen molar-refractivity contribution >= 4 is 11.4 Å². The molecule has 2 fully saturated rings. The summed E-state index contributed by atoms with van der Waals surface area (Å²) in [4.78, 5) is 10.6. The molecule has 114 valence electrons. The van der Waals surface area contributed by atoms with E-state index >= 15 is 0 Å². The smallest absolute Gasteiger partial charge is 0.275 e. The van der Waals surface area contributed by atoms with Crippen molar-refractivity contribution in [2.45, 2.75) is 43.7 Å². The van der Waals surface area contributed by atoms with Crippen LogP contribution in [0.3, 0.4) is 0 Å². The average Bonchev–Trinajstić information content (AvgIpc) is 2.45. The van der Waals surface area contributed by atoms with E-state index in [1.807, 2.05) is 6.07 Å². The Morgan fingerprint density at radius 1 is 1.43 bits per heavy atom. The molecule has 6 heteroatoms. The fraction of sp³-hybridized carbons (Fsp3) is 0.600. The van der Waals surface area contributed by atoms with Gasteiger partial charge in [0.05, 0.1) is 18.1 Å². The van der Waals surface area contributed by atoms with Crippen LogP contribution in [-0.4, -0.2) is 30.2 Å². The number of nitrogens with zero attached hydrogens (tertiary/aromatic N) is 1. The number of piperidine rings is 1. The minimum atomic E-state index is -0.385. The molecule has 1 aliphatic carbocycles. The molecule has 1 saturated heterocycles. The van der Waals surface area contributed by atoms with E-state index in [0.29, 0.717) is 17.3 Å². The van der Waals surface area contributed by atoms with Crippen molar-refractivity contribution in [2.24, 2.45) is 0 Å². The molecule has 2 aliphatic rings. The van der Waals surface area contributed by atoms with Crippen molar-refractivity contribution in [3.63, 3.8) is 0 Å². The summed E-state index contributed by atoms with van der Waals surface area (Å²) in [6, 6.07) is 5.21. The Bertz CT molecular complexity index is 543. The Morgan fingerprint density at radius 2 is 2.24 bits per heavy atom. The van der Waals surface area contributed by atoms with Crippen molar-refractivity contribution in [2.75, 3.05) is 19.0 Å². The van der Waals surface area contributed by atoms with Gasteiger partial charge in [0.25, 0.3) is 5.69 Å². The lowest BCUT2D eigenvalue weighted by molar-refractivity contribution is -0.384. The summed E-state index contributed by atoms with van der Waals surface area (Å²) in [5, 5.41) is 18.1. The molecule has 0 radical (unpaired) electrons. The van der Waals surface area contributed by atoms with Crippen LogP contribution in [-0.2, 0) is 0 Å². The lowest BCUT2D eigenvalue weighted by Crippen LogP contribution is -2.58. The van der Waals surface area contributed by atoms with E-state index in [1.54, 1.807) is 6.07 Å². The number of ether oxygens (including phenoxy) is 1. The first-order chi connectivity index (χ1) is 10.1. The number of nitro benzene ring substituents is 1. The molecule has 1 atom stereocenters. The van der Waals surface area contributed by atoms with E-state index in [2.05, 4.69) is 10.6 Å². The van der Waals surface area contributed by atoms with Gasteiger partial charge in [0.2, 0.25) is 0 Å². The van der Waals surface area contributed by atoms with Gasteiger partial charge in [0.1, 0.15) is 5.75 Å². The van der Waals surface area contributed by atoms with Crippen LogP contribution in [0.25, 0.3) is 0 Å². The van der Waals surface area contributed by atoms with Crippen molar-refractivity contribution in [1.82, 2.24) is 5.32 Å². The first-order valence-corrected chi connectivity index (χ1v) is 7.45.